The summed E-state index contributed by atoms with van der Waals surface area (Å²) in [6.07, 6.45) is 3.49. The molecule has 0 saturated carbocycles. The molecule has 2 aromatic heterocycles. The lowest BCUT2D eigenvalue weighted by Crippen LogP contribution is -2.11. The molecule has 5 nitrogen and oxygen atoms in total. The molecule has 0 saturated heterocycles. The summed E-state index contributed by atoms with van der Waals surface area (Å²) < 4.78 is 18.7. The molecule has 0 fully saturated rings. The van der Waals surface area contributed by atoms with Crippen LogP contribution in [0.2, 0.25) is 0 Å². The number of aliphatic carboxylic acids is 1. The van der Waals surface area contributed by atoms with Crippen molar-refractivity contribution >= 4 is 23.2 Å². The number of furan rings is 1. The van der Waals surface area contributed by atoms with Crippen molar-refractivity contribution < 1.29 is 23.5 Å². The van der Waals surface area contributed by atoms with E-state index < -0.39 is 11.9 Å². The van der Waals surface area contributed by atoms with Crippen molar-refractivity contribution in [2.75, 3.05) is 0 Å². The molecule has 0 aliphatic carbocycles. The Balaban J connectivity index is 2.03. The number of hydrogen-bond donors (Lipinski definition) is 2. The van der Waals surface area contributed by atoms with Crippen LogP contribution in [0.1, 0.15) is 18.1 Å². The van der Waals surface area contributed by atoms with Crippen molar-refractivity contribution in [2.45, 2.75) is 12.3 Å². The molecule has 0 aliphatic heterocycles. The summed E-state index contributed by atoms with van der Waals surface area (Å²) in [7, 11) is 0. The number of carbonyl (C=O) groups is 2. The number of fused-ring (bicyclic) bond motifs is 1. The fourth-order valence-electron chi connectivity index (χ4n) is 2.44. The first-order valence-corrected chi connectivity index (χ1v) is 6.62. The fourth-order valence-corrected chi connectivity index (χ4v) is 2.44. The van der Waals surface area contributed by atoms with Gasteiger partial charge in [0.25, 0.3) is 0 Å². The van der Waals surface area contributed by atoms with Gasteiger partial charge in [-0.2, -0.15) is 0 Å². The van der Waals surface area contributed by atoms with E-state index in [-0.39, 0.29) is 18.0 Å². The molecule has 3 rings (SSSR count). The Morgan fingerprint density at radius 2 is 2.23 bits per heavy atom. The van der Waals surface area contributed by atoms with Crippen LogP contribution < -0.4 is 0 Å². The second-order valence-electron chi connectivity index (χ2n) is 4.92. The minimum atomic E-state index is -1.13. The van der Waals surface area contributed by atoms with Gasteiger partial charge >= 0.3 is 5.97 Å². The molecule has 2 N–H and O–H groups in total. The Kier molecular flexibility index (Phi) is 3.50. The quantitative estimate of drug-likeness (QED) is 0.708. The van der Waals surface area contributed by atoms with Gasteiger partial charge in [0.2, 0.25) is 0 Å². The van der Waals surface area contributed by atoms with Crippen molar-refractivity contribution in [1.29, 1.82) is 0 Å². The molecule has 0 aliphatic rings. The number of carboxylic acids is 1. The van der Waals surface area contributed by atoms with E-state index in [2.05, 4.69) is 4.98 Å². The fraction of sp³-hybridized carbons (Fsp3) is 0.125. The third-order valence-corrected chi connectivity index (χ3v) is 3.55. The van der Waals surface area contributed by atoms with Crippen LogP contribution in [0, 0.1) is 5.82 Å². The summed E-state index contributed by atoms with van der Waals surface area (Å²) in [5.41, 5.74) is 2.10. The van der Waals surface area contributed by atoms with Crippen LogP contribution in [0.3, 0.4) is 0 Å². The Labute approximate surface area is 124 Å². The van der Waals surface area contributed by atoms with Gasteiger partial charge in [0, 0.05) is 34.6 Å². The second-order valence-corrected chi connectivity index (χ2v) is 4.92. The van der Waals surface area contributed by atoms with E-state index in [0.29, 0.717) is 22.8 Å². The average molecular weight is 301 g/mol. The van der Waals surface area contributed by atoms with Crippen molar-refractivity contribution in [3.8, 4) is 11.1 Å². The molecule has 112 valence electrons. The minimum Gasteiger partial charge on any atom is -0.481 e. The zero-order chi connectivity index (χ0) is 15.7. The zero-order valence-electron chi connectivity index (χ0n) is 11.4. The lowest BCUT2D eigenvalue weighted by atomic mass is 10.0. The number of H-pyrrole nitrogens is 1. The molecule has 22 heavy (non-hydrogen) atoms. The van der Waals surface area contributed by atoms with Gasteiger partial charge in [-0.15, -0.1) is 0 Å². The van der Waals surface area contributed by atoms with Crippen LogP contribution in [0.5, 0.6) is 0 Å². The van der Waals surface area contributed by atoms with Gasteiger partial charge in [0.15, 0.2) is 0 Å². The molecule has 3 aromatic rings. The number of aldehydes is 1. The van der Waals surface area contributed by atoms with Gasteiger partial charge in [0.1, 0.15) is 23.8 Å². The normalized spacial score (nSPS) is 12.4. The molecular weight excluding hydrogens is 289 g/mol. The topological polar surface area (TPSA) is 83.3 Å². The van der Waals surface area contributed by atoms with E-state index in [9.17, 15) is 14.0 Å². The highest BCUT2D eigenvalue weighted by Gasteiger charge is 2.23. The Morgan fingerprint density at radius 3 is 2.95 bits per heavy atom. The third kappa shape index (κ3) is 2.39. The van der Waals surface area contributed by atoms with E-state index in [4.69, 9.17) is 9.52 Å². The highest BCUT2D eigenvalue weighted by molar-refractivity contribution is 5.95. The average Bonchev–Trinajstić information content (AvgIpc) is 3.10. The molecule has 1 unspecified atom stereocenters. The summed E-state index contributed by atoms with van der Waals surface area (Å²) in [6, 6.07) is 5.94. The molecule has 1 atom stereocenters. The van der Waals surface area contributed by atoms with Gasteiger partial charge in [-0.05, 0) is 24.3 Å². The maximum Gasteiger partial charge on any atom is 0.314 e. The van der Waals surface area contributed by atoms with E-state index in [1.54, 1.807) is 18.3 Å². The van der Waals surface area contributed by atoms with E-state index in [0.717, 1.165) is 5.52 Å². The van der Waals surface area contributed by atoms with Crippen molar-refractivity contribution in [3.05, 3.63) is 48.3 Å². The van der Waals surface area contributed by atoms with Crippen molar-refractivity contribution in [3.63, 3.8) is 0 Å². The first kappa shape index (κ1) is 14.1. The van der Waals surface area contributed by atoms with Crippen molar-refractivity contribution in [1.82, 2.24) is 4.98 Å². The summed E-state index contributed by atoms with van der Waals surface area (Å²) in [6.45, 7) is 0. The number of aromatic nitrogens is 1. The monoisotopic (exact) mass is 301 g/mol. The number of nitrogens with one attached hydrogen (secondary N) is 1. The molecule has 0 spiro atoms. The highest BCUT2D eigenvalue weighted by atomic mass is 19.1. The number of hydrogen-bond acceptors (Lipinski definition) is 3. The lowest BCUT2D eigenvalue weighted by Gasteiger charge is -2.03. The van der Waals surface area contributed by atoms with E-state index in [1.165, 1.54) is 18.4 Å². The molecule has 0 amide bonds. The van der Waals surface area contributed by atoms with Gasteiger partial charge < -0.3 is 19.3 Å². The molecule has 0 bridgehead atoms. The first-order chi connectivity index (χ1) is 10.6. The first-order valence-electron chi connectivity index (χ1n) is 6.62. The van der Waals surface area contributed by atoms with E-state index >= 15 is 0 Å². The summed E-state index contributed by atoms with van der Waals surface area (Å²) in [5, 5.41) is 9.81. The van der Waals surface area contributed by atoms with Crippen LogP contribution in [0.4, 0.5) is 4.39 Å². The number of rotatable bonds is 5. The van der Waals surface area contributed by atoms with E-state index in [1.807, 2.05) is 0 Å². The Hall–Kier alpha value is -2.89. The number of carbonyl (C=O) groups excluding carboxylic acids is 1. The summed E-state index contributed by atoms with van der Waals surface area (Å²) in [5.74, 6) is -2.31. The zero-order valence-corrected chi connectivity index (χ0v) is 11.4. The standard InChI is InChI=1S/C16H12FNO4/c17-10-1-2-14-12(6-10)13(7-18-14)9-5-15(22-8-9)11(3-4-19)16(20)21/h1-2,4-8,11,18H,3H2,(H,20,21). The lowest BCUT2D eigenvalue weighted by molar-refractivity contribution is -0.140. The van der Waals surface area contributed by atoms with Crippen LogP contribution in [-0.2, 0) is 9.59 Å². The largest absolute Gasteiger partial charge is 0.481 e. The third-order valence-electron chi connectivity index (χ3n) is 3.55. The summed E-state index contributed by atoms with van der Waals surface area (Å²) in [4.78, 5) is 24.8. The van der Waals surface area contributed by atoms with Crippen LogP contribution in [0.15, 0.2) is 41.1 Å². The molecule has 1 aromatic carbocycles. The Bertz CT molecular complexity index is 849. The van der Waals surface area contributed by atoms with Gasteiger partial charge in [0.05, 0.1) is 6.26 Å². The molecule has 0 radical (unpaired) electrons. The highest BCUT2D eigenvalue weighted by Crippen LogP contribution is 2.32. The maximum absolute atomic E-state index is 13.4. The van der Waals surface area contributed by atoms with Crippen LogP contribution >= 0.6 is 0 Å². The second kappa shape index (κ2) is 5.48. The molecule has 2 heterocycles. The van der Waals surface area contributed by atoms with Crippen LogP contribution in [0.25, 0.3) is 22.0 Å². The smallest absolute Gasteiger partial charge is 0.314 e. The van der Waals surface area contributed by atoms with Gasteiger partial charge in [-0.1, -0.05) is 0 Å². The number of benzene rings is 1. The van der Waals surface area contributed by atoms with Crippen molar-refractivity contribution in [2.24, 2.45) is 0 Å². The molecule has 6 heteroatoms. The van der Waals surface area contributed by atoms with Crippen LogP contribution in [-0.4, -0.2) is 22.3 Å². The van der Waals surface area contributed by atoms with Gasteiger partial charge in [-0.3, -0.25) is 4.79 Å². The predicted molar refractivity (Wildman–Crippen MR) is 77.0 cm³/mol. The molecular formula is C16H12FNO4. The Morgan fingerprint density at radius 1 is 1.41 bits per heavy atom. The number of halogens is 1. The predicted octanol–water partition coefficient (Wildman–Crippen LogP) is 3.32. The number of carboxylic acid groups (broad SMARTS) is 1. The van der Waals surface area contributed by atoms with Gasteiger partial charge in [-0.25, -0.2) is 4.39 Å². The summed E-state index contributed by atoms with van der Waals surface area (Å²) >= 11 is 0. The minimum absolute atomic E-state index is 0.162. The number of aromatic amines is 1. The SMILES string of the molecule is O=CCC(C(=O)O)c1cc(-c2c[nH]c3ccc(F)cc23)co1. The maximum atomic E-state index is 13.4.